The van der Waals surface area contributed by atoms with E-state index in [1.807, 2.05) is 0 Å². The molecule has 2 saturated heterocycles. The van der Waals surface area contributed by atoms with Gasteiger partial charge in [-0.3, -0.25) is 0 Å². The molecule has 2 fully saturated rings. The van der Waals surface area contributed by atoms with Crippen LogP contribution in [0.25, 0.3) is 0 Å². The zero-order valence-corrected chi connectivity index (χ0v) is 27.0. The second-order valence-electron chi connectivity index (χ2n) is 12.1. The van der Waals surface area contributed by atoms with Crippen molar-refractivity contribution in [3.8, 4) is 11.8 Å². The summed E-state index contributed by atoms with van der Waals surface area (Å²) >= 11 is 8.58. The lowest BCUT2D eigenvalue weighted by atomic mass is 9.77. The number of halogens is 2. The molecule has 0 aliphatic carbocycles. The fourth-order valence-corrected chi connectivity index (χ4v) is 6.96. The van der Waals surface area contributed by atoms with Crippen LogP contribution in [0.3, 0.4) is 0 Å². The molecule has 1 unspecified atom stereocenters. The second kappa shape index (κ2) is 13.4. The van der Waals surface area contributed by atoms with Crippen molar-refractivity contribution in [1.82, 2.24) is 0 Å². The van der Waals surface area contributed by atoms with Crippen molar-refractivity contribution in [2.45, 2.75) is 140 Å². The largest absolute Gasteiger partial charge is 0.401 e. The zero-order chi connectivity index (χ0) is 26.6. The van der Waals surface area contributed by atoms with Gasteiger partial charge in [0.2, 0.25) is 0 Å². The van der Waals surface area contributed by atoms with Crippen LogP contribution < -0.4 is 0 Å². The molecule has 2 rings (SSSR count). The minimum atomic E-state index is -2.12. The van der Waals surface area contributed by atoms with Crippen molar-refractivity contribution in [2.24, 2.45) is 11.8 Å². The Kier molecular flexibility index (Phi) is 12.1. The van der Waals surface area contributed by atoms with Gasteiger partial charge in [-0.15, -0.1) is 11.6 Å². The van der Waals surface area contributed by atoms with Gasteiger partial charge in [-0.1, -0.05) is 60.0 Å². The van der Waals surface area contributed by atoms with E-state index in [-0.39, 0.29) is 40.7 Å². The molecule has 0 amide bonds. The minimum Gasteiger partial charge on any atom is -0.401 e. The average Bonchev–Trinajstić information content (AvgIpc) is 2.76. The molecule has 9 atom stereocenters. The molecule has 0 saturated carbocycles. The summed E-state index contributed by atoms with van der Waals surface area (Å²) in [4.78, 5) is 0. The summed E-state index contributed by atoms with van der Waals surface area (Å²) in [5.41, 5.74) is 0. The van der Waals surface area contributed by atoms with E-state index in [0.29, 0.717) is 24.9 Å². The Hall–Kier alpha value is 0.377. The number of fused-ring (bicyclic) bond motifs is 1. The van der Waals surface area contributed by atoms with Gasteiger partial charge in [-0.05, 0) is 94.7 Å². The van der Waals surface area contributed by atoms with Gasteiger partial charge in [0.15, 0.2) is 8.32 Å². The topological polar surface area (TPSA) is 47.9 Å². The number of allylic oxidation sites excluding steroid dienone is 1. The molecule has 35 heavy (non-hydrogen) atoms. The fourth-order valence-electron chi connectivity index (χ4n) is 4.68. The first-order valence-electron chi connectivity index (χ1n) is 13.3. The molecule has 7 heteroatoms. The molecule has 0 bridgehead atoms. The first-order valence-corrected chi connectivity index (χ1v) is 17.7. The van der Waals surface area contributed by atoms with E-state index in [1.54, 1.807) is 0 Å². The smallest absolute Gasteiger partial charge is 0.193 e. The van der Waals surface area contributed by atoms with E-state index in [1.165, 1.54) is 0 Å². The summed E-state index contributed by atoms with van der Waals surface area (Å²) in [6.07, 6.45) is 4.33. The van der Waals surface area contributed by atoms with Crippen molar-refractivity contribution in [2.75, 3.05) is 0 Å². The van der Waals surface area contributed by atoms with E-state index in [9.17, 15) is 5.11 Å². The number of aliphatic hydroxyl groups is 1. The van der Waals surface area contributed by atoms with Crippen LogP contribution in [0.2, 0.25) is 18.1 Å². The summed E-state index contributed by atoms with van der Waals surface area (Å²) in [5.74, 6) is 7.01. The molecule has 4 nitrogen and oxygen atoms in total. The Morgan fingerprint density at radius 1 is 1.17 bits per heavy atom. The molecule has 0 aromatic rings. The van der Waals surface area contributed by atoms with Crippen molar-refractivity contribution in [1.29, 1.82) is 0 Å². The number of alkyl halides is 1. The molecular formula is C28H48ClIO4Si. The van der Waals surface area contributed by atoms with Crippen LogP contribution >= 0.6 is 34.2 Å². The fraction of sp³-hybridized carbons (Fsp3) is 0.857. The molecule has 2 aliphatic rings. The molecule has 0 aromatic heterocycles. The number of rotatable bonds is 9. The second-order valence-corrected chi connectivity index (χ2v) is 19.0. The van der Waals surface area contributed by atoms with Crippen LogP contribution in [0.15, 0.2) is 10.2 Å². The molecule has 0 radical (unpaired) electrons. The molecular weight excluding hydrogens is 591 g/mol. The van der Waals surface area contributed by atoms with Crippen molar-refractivity contribution in [3.05, 3.63) is 10.2 Å². The Bertz CT molecular complexity index is 756. The quantitative estimate of drug-likeness (QED) is 0.123. The molecule has 2 heterocycles. The maximum Gasteiger partial charge on any atom is 0.193 e. The van der Waals surface area contributed by atoms with Crippen LogP contribution in [-0.2, 0) is 13.9 Å². The first kappa shape index (κ1) is 31.6. The number of hydrogen-bond acceptors (Lipinski definition) is 4. The van der Waals surface area contributed by atoms with E-state index in [0.717, 1.165) is 29.3 Å². The van der Waals surface area contributed by atoms with E-state index < -0.39 is 14.4 Å². The molecule has 1 N–H and O–H groups in total. The lowest BCUT2D eigenvalue weighted by Gasteiger charge is -2.50. The van der Waals surface area contributed by atoms with Crippen LogP contribution in [0.1, 0.15) is 80.1 Å². The van der Waals surface area contributed by atoms with Gasteiger partial charge in [0, 0.05) is 5.38 Å². The summed E-state index contributed by atoms with van der Waals surface area (Å²) in [7, 11) is -2.12. The van der Waals surface area contributed by atoms with Crippen LogP contribution in [0.5, 0.6) is 0 Å². The molecule has 2 aliphatic heterocycles. The van der Waals surface area contributed by atoms with Gasteiger partial charge in [0.1, 0.15) is 12.2 Å². The maximum absolute atomic E-state index is 10.6. The van der Waals surface area contributed by atoms with E-state index in [2.05, 4.69) is 95.6 Å². The number of ether oxygens (including phenoxy) is 2. The minimum absolute atomic E-state index is 0.0344. The number of aliphatic hydroxyl groups excluding tert-OH is 1. The van der Waals surface area contributed by atoms with Gasteiger partial charge in [0.05, 0.1) is 24.4 Å². The highest BCUT2D eigenvalue weighted by Gasteiger charge is 2.49. The maximum atomic E-state index is 10.6. The third-order valence-corrected chi connectivity index (χ3v) is 13.5. The third kappa shape index (κ3) is 8.97. The van der Waals surface area contributed by atoms with Crippen LogP contribution in [0, 0.1) is 23.7 Å². The zero-order valence-electron chi connectivity index (χ0n) is 23.1. The summed E-state index contributed by atoms with van der Waals surface area (Å²) < 4.78 is 21.0. The predicted octanol–water partition coefficient (Wildman–Crippen LogP) is 7.46. The highest BCUT2D eigenvalue weighted by Crippen LogP contribution is 2.43. The predicted molar refractivity (Wildman–Crippen MR) is 158 cm³/mol. The molecule has 0 aromatic carbocycles. The van der Waals surface area contributed by atoms with Gasteiger partial charge in [-0.2, -0.15) is 0 Å². The van der Waals surface area contributed by atoms with Crippen molar-refractivity contribution < 1.29 is 19.0 Å². The lowest BCUT2D eigenvalue weighted by molar-refractivity contribution is -0.236. The Labute approximate surface area is 234 Å². The lowest BCUT2D eigenvalue weighted by Crippen LogP contribution is -2.58. The van der Waals surface area contributed by atoms with Gasteiger partial charge in [-0.25, -0.2) is 0 Å². The van der Waals surface area contributed by atoms with Crippen LogP contribution in [-0.4, -0.2) is 55.4 Å². The number of hydrogen-bond donors (Lipinski definition) is 1. The third-order valence-electron chi connectivity index (χ3n) is 8.26. The van der Waals surface area contributed by atoms with Gasteiger partial charge < -0.3 is 19.0 Å². The summed E-state index contributed by atoms with van der Waals surface area (Å²) in [6, 6.07) is 0. The average molecular weight is 639 g/mol. The first-order chi connectivity index (χ1) is 16.2. The van der Waals surface area contributed by atoms with Crippen molar-refractivity contribution in [3.63, 3.8) is 0 Å². The monoisotopic (exact) mass is 638 g/mol. The van der Waals surface area contributed by atoms with Crippen molar-refractivity contribution >= 4 is 42.5 Å². The Morgan fingerprint density at radius 2 is 1.83 bits per heavy atom. The summed E-state index contributed by atoms with van der Waals surface area (Å²) in [5, 5.41) is 10.7. The van der Waals surface area contributed by atoms with E-state index in [4.69, 9.17) is 25.5 Å². The normalized spacial score (nSPS) is 32.1. The Morgan fingerprint density at radius 3 is 2.40 bits per heavy atom. The standard InChI is InChI=1S/C28H48ClIO4Si/c1-10-23-14-16-24-26(32-23)19(3)20(4)27(33-24)25(34-35(8,9)28(5,6)7)15-13-22(31)12-11-21(29)17-18(2)30/h19-27,31H,2,10-12,14,16-17H2,1,3-9H3/t19-,20+,21-,22?,23+,24+,25+,26-,27-/m1/s1. The SMILES string of the molecule is C=C(I)C[C@H](Cl)CCC(O)C#C[C@H](O[Si](C)(C)C(C)(C)C)[C@@H]1O[C@H]2CC[C@H](CC)O[C@@H]2[C@H](C)[C@@H]1C. The van der Waals surface area contributed by atoms with Gasteiger partial charge in [0.25, 0.3) is 0 Å². The molecule has 202 valence electrons. The summed E-state index contributed by atoms with van der Waals surface area (Å²) in [6.45, 7) is 21.9. The molecule has 0 spiro atoms. The van der Waals surface area contributed by atoms with Gasteiger partial charge >= 0.3 is 0 Å². The van der Waals surface area contributed by atoms with Crippen LogP contribution in [0.4, 0.5) is 0 Å². The van der Waals surface area contributed by atoms with E-state index >= 15 is 0 Å². The Balaban J connectivity index is 2.22. The highest BCUT2D eigenvalue weighted by molar-refractivity contribution is 14.1. The highest BCUT2D eigenvalue weighted by atomic mass is 127.